The summed E-state index contributed by atoms with van der Waals surface area (Å²) in [5.41, 5.74) is 5.27. The van der Waals surface area contributed by atoms with E-state index in [1.165, 1.54) is 6.07 Å². The SMILES string of the molecule is Nc1cc(S)c(Cl)cc1F. The summed E-state index contributed by atoms with van der Waals surface area (Å²) in [6, 6.07) is 2.51. The van der Waals surface area contributed by atoms with Crippen LogP contribution in [0.15, 0.2) is 17.0 Å². The molecule has 0 fully saturated rings. The number of rotatable bonds is 0. The van der Waals surface area contributed by atoms with Gasteiger partial charge in [-0.1, -0.05) is 11.6 Å². The van der Waals surface area contributed by atoms with Gasteiger partial charge in [0.25, 0.3) is 0 Å². The number of hydrogen-bond donors (Lipinski definition) is 2. The van der Waals surface area contributed by atoms with E-state index in [1.807, 2.05) is 0 Å². The molecule has 10 heavy (non-hydrogen) atoms. The zero-order valence-electron chi connectivity index (χ0n) is 4.94. The summed E-state index contributed by atoms with van der Waals surface area (Å²) in [6.07, 6.45) is 0. The molecule has 4 heteroatoms. The van der Waals surface area contributed by atoms with Crippen LogP contribution in [0.1, 0.15) is 0 Å². The van der Waals surface area contributed by atoms with Crippen molar-refractivity contribution in [1.82, 2.24) is 0 Å². The van der Waals surface area contributed by atoms with Crippen LogP contribution in [0.4, 0.5) is 10.1 Å². The minimum absolute atomic E-state index is 0.0643. The molecule has 1 nitrogen and oxygen atoms in total. The zero-order chi connectivity index (χ0) is 7.72. The van der Waals surface area contributed by atoms with Crippen molar-refractivity contribution in [3.05, 3.63) is 23.0 Å². The molecule has 0 aliphatic heterocycles. The molecular weight excluding hydrogens is 173 g/mol. The first-order chi connectivity index (χ1) is 4.61. The molecule has 0 saturated heterocycles. The van der Waals surface area contributed by atoms with Gasteiger partial charge in [0.15, 0.2) is 0 Å². The number of hydrogen-bond acceptors (Lipinski definition) is 2. The highest BCUT2D eigenvalue weighted by atomic mass is 35.5. The molecule has 0 aliphatic carbocycles. The third-order valence-electron chi connectivity index (χ3n) is 1.07. The first-order valence-corrected chi connectivity index (χ1v) is 3.37. The second kappa shape index (κ2) is 2.68. The molecule has 2 N–H and O–H groups in total. The lowest BCUT2D eigenvalue weighted by molar-refractivity contribution is 0.631. The quantitative estimate of drug-likeness (QED) is 0.462. The fourth-order valence-corrected chi connectivity index (χ4v) is 0.908. The molecule has 0 heterocycles. The average molecular weight is 178 g/mol. The van der Waals surface area contributed by atoms with Crippen LogP contribution >= 0.6 is 24.2 Å². The van der Waals surface area contributed by atoms with Crippen LogP contribution < -0.4 is 5.73 Å². The van der Waals surface area contributed by atoms with Crippen LogP contribution in [0.3, 0.4) is 0 Å². The van der Waals surface area contributed by atoms with Crippen LogP contribution in [0.5, 0.6) is 0 Å². The molecule has 0 aliphatic rings. The molecule has 0 radical (unpaired) electrons. The number of anilines is 1. The summed E-state index contributed by atoms with van der Waals surface area (Å²) in [5.74, 6) is -0.511. The van der Waals surface area contributed by atoms with E-state index in [9.17, 15) is 4.39 Å². The average Bonchev–Trinajstić information content (AvgIpc) is 1.84. The number of halogens is 2. The second-order valence-electron chi connectivity index (χ2n) is 1.83. The van der Waals surface area contributed by atoms with E-state index >= 15 is 0 Å². The van der Waals surface area contributed by atoms with E-state index in [2.05, 4.69) is 12.6 Å². The lowest BCUT2D eigenvalue weighted by atomic mass is 10.3. The van der Waals surface area contributed by atoms with Gasteiger partial charge in [0, 0.05) is 4.90 Å². The molecule has 0 unspecified atom stereocenters. The summed E-state index contributed by atoms with van der Waals surface area (Å²) >= 11 is 9.45. The van der Waals surface area contributed by atoms with Gasteiger partial charge in [-0.2, -0.15) is 0 Å². The monoisotopic (exact) mass is 177 g/mol. The van der Waals surface area contributed by atoms with Gasteiger partial charge in [-0.05, 0) is 12.1 Å². The van der Waals surface area contributed by atoms with Crippen molar-refractivity contribution in [2.75, 3.05) is 5.73 Å². The van der Waals surface area contributed by atoms with Gasteiger partial charge in [-0.3, -0.25) is 0 Å². The molecule has 0 aromatic heterocycles. The Balaban J connectivity index is 3.28. The van der Waals surface area contributed by atoms with Gasteiger partial charge in [0.2, 0.25) is 0 Å². The van der Waals surface area contributed by atoms with E-state index in [0.717, 1.165) is 6.07 Å². The normalized spacial score (nSPS) is 9.90. The Kier molecular flexibility index (Phi) is 2.06. The van der Waals surface area contributed by atoms with E-state index in [0.29, 0.717) is 4.90 Å². The van der Waals surface area contributed by atoms with Gasteiger partial charge in [-0.15, -0.1) is 12.6 Å². The van der Waals surface area contributed by atoms with E-state index in [-0.39, 0.29) is 10.7 Å². The van der Waals surface area contributed by atoms with Crippen molar-refractivity contribution in [2.24, 2.45) is 0 Å². The number of nitrogens with two attached hydrogens (primary N) is 1. The van der Waals surface area contributed by atoms with E-state index in [1.54, 1.807) is 0 Å². The Bertz CT molecular complexity index is 214. The largest absolute Gasteiger partial charge is 0.396 e. The molecule has 0 amide bonds. The Morgan fingerprint density at radius 2 is 2.10 bits per heavy atom. The van der Waals surface area contributed by atoms with Crippen LogP contribution in [-0.4, -0.2) is 0 Å². The third kappa shape index (κ3) is 1.36. The van der Waals surface area contributed by atoms with Gasteiger partial charge in [-0.25, -0.2) is 4.39 Å². The summed E-state index contributed by atoms with van der Waals surface area (Å²) in [4.78, 5) is 0.487. The second-order valence-corrected chi connectivity index (χ2v) is 2.71. The summed E-state index contributed by atoms with van der Waals surface area (Å²) < 4.78 is 12.5. The minimum atomic E-state index is -0.511. The summed E-state index contributed by atoms with van der Waals surface area (Å²) in [6.45, 7) is 0. The first-order valence-electron chi connectivity index (χ1n) is 2.54. The van der Waals surface area contributed by atoms with Crippen molar-refractivity contribution < 1.29 is 4.39 Å². The summed E-state index contributed by atoms with van der Waals surface area (Å²) in [5, 5.41) is 0.273. The highest BCUT2D eigenvalue weighted by molar-refractivity contribution is 7.80. The van der Waals surface area contributed by atoms with Crippen LogP contribution in [-0.2, 0) is 0 Å². The molecule has 54 valence electrons. The smallest absolute Gasteiger partial charge is 0.147 e. The molecule has 1 aromatic rings. The Labute approximate surface area is 68.4 Å². The highest BCUT2D eigenvalue weighted by Crippen LogP contribution is 2.24. The molecule has 0 spiro atoms. The molecular formula is C6H5ClFNS. The predicted molar refractivity (Wildman–Crippen MR) is 43.1 cm³/mol. The Morgan fingerprint density at radius 3 is 2.60 bits per heavy atom. The maximum atomic E-state index is 12.5. The lowest BCUT2D eigenvalue weighted by Gasteiger charge is -1.98. The highest BCUT2D eigenvalue weighted by Gasteiger charge is 2.01. The predicted octanol–water partition coefficient (Wildman–Crippen LogP) is 2.35. The van der Waals surface area contributed by atoms with Gasteiger partial charge >= 0.3 is 0 Å². The van der Waals surface area contributed by atoms with E-state index < -0.39 is 5.82 Å². The molecule has 0 bridgehead atoms. The van der Waals surface area contributed by atoms with Crippen molar-refractivity contribution in [3.8, 4) is 0 Å². The molecule has 1 aromatic carbocycles. The van der Waals surface area contributed by atoms with E-state index in [4.69, 9.17) is 17.3 Å². The maximum Gasteiger partial charge on any atom is 0.147 e. The number of benzene rings is 1. The van der Waals surface area contributed by atoms with Crippen molar-refractivity contribution in [2.45, 2.75) is 4.90 Å². The van der Waals surface area contributed by atoms with Gasteiger partial charge < -0.3 is 5.73 Å². The topological polar surface area (TPSA) is 26.0 Å². The Hall–Kier alpha value is -0.410. The third-order valence-corrected chi connectivity index (χ3v) is 1.88. The minimum Gasteiger partial charge on any atom is -0.396 e. The summed E-state index contributed by atoms with van der Waals surface area (Å²) in [7, 11) is 0. The van der Waals surface area contributed by atoms with Crippen LogP contribution in [0.2, 0.25) is 5.02 Å². The standard InChI is InChI=1S/C6H5ClFNS/c7-3-1-4(8)5(9)2-6(3)10/h1-2,10H,9H2. The van der Waals surface area contributed by atoms with Crippen molar-refractivity contribution in [1.29, 1.82) is 0 Å². The van der Waals surface area contributed by atoms with Gasteiger partial charge in [0.05, 0.1) is 10.7 Å². The van der Waals surface area contributed by atoms with Crippen LogP contribution in [0, 0.1) is 5.82 Å². The fourth-order valence-electron chi connectivity index (χ4n) is 0.554. The molecule has 0 saturated carbocycles. The maximum absolute atomic E-state index is 12.5. The van der Waals surface area contributed by atoms with Crippen LogP contribution in [0.25, 0.3) is 0 Å². The lowest BCUT2D eigenvalue weighted by Crippen LogP contribution is -1.89. The number of nitrogen functional groups attached to an aromatic ring is 1. The fraction of sp³-hybridized carbons (Fsp3) is 0. The Morgan fingerprint density at radius 1 is 1.50 bits per heavy atom. The zero-order valence-corrected chi connectivity index (χ0v) is 6.59. The molecule has 1 rings (SSSR count). The molecule has 0 atom stereocenters. The van der Waals surface area contributed by atoms with Crippen molar-refractivity contribution in [3.63, 3.8) is 0 Å². The van der Waals surface area contributed by atoms with Gasteiger partial charge in [0.1, 0.15) is 5.82 Å². The first kappa shape index (κ1) is 7.69. The number of thiol groups is 1. The van der Waals surface area contributed by atoms with Crippen molar-refractivity contribution >= 4 is 29.9 Å².